The second-order valence-corrected chi connectivity index (χ2v) is 48.2. The highest BCUT2D eigenvalue weighted by Crippen LogP contribution is 2.74. The smallest absolute Gasteiger partial charge is 0.344 e. The van der Waals surface area contributed by atoms with Crippen molar-refractivity contribution in [1.82, 2.24) is 0 Å². The molecule has 0 saturated heterocycles. The summed E-state index contributed by atoms with van der Waals surface area (Å²) in [5.74, 6) is 9.97. The second kappa shape index (κ2) is 56.3. The van der Waals surface area contributed by atoms with E-state index in [1.807, 2.05) is 126 Å². The van der Waals surface area contributed by atoms with Gasteiger partial charge >= 0.3 is 29.8 Å². The number of phenols is 3. The van der Waals surface area contributed by atoms with E-state index in [9.17, 15) is 49.9 Å². The Kier molecular flexibility index (Phi) is 47.6. The van der Waals surface area contributed by atoms with Crippen LogP contribution < -0.4 is 0 Å². The number of phenolic OH excluding ortho intramolecular Hbond substituents is 3. The van der Waals surface area contributed by atoms with Crippen molar-refractivity contribution in [2.24, 2.45) is 86.8 Å². The molecule has 12 bridgehead atoms. The molecule has 19 rings (SSSR count). The SMILES string of the molecule is CCC(C)(C)C(=O)OC1(C)C2CC3C4CC5CC3C1C(C5)C4C2.CCC(C)(C)C(=O)OCC(=O)OC(C)(C)C12CC3CC(CC(C3)C1)C2.CCC(C)(C)C(=O)OCCOC(=O)CS(=O)(=O)[O-].CCC(C)c1ccc(O)cc1.CCC(C)c1ccc(O)cc1.CCC(C)c1ccc(S(=O)(=O)[O-])cc1.CCC(C)c1ccccc1.CCC(C)c1ccccc1.Oc1ccc([SH+]c2ccccc2)cc1.[SH2+]c1ccccc1. The summed E-state index contributed by atoms with van der Waals surface area (Å²) >= 11 is 4.53. The lowest BCUT2D eigenvalue weighted by molar-refractivity contribution is -0.291. The summed E-state index contributed by atoms with van der Waals surface area (Å²) in [4.78, 5) is 63.0. The van der Waals surface area contributed by atoms with Crippen LogP contribution in [0.3, 0.4) is 0 Å². The molecule has 0 aliphatic heterocycles. The third-order valence-electron chi connectivity index (χ3n) is 32.1. The minimum Gasteiger partial charge on any atom is -0.748 e. The van der Waals surface area contributed by atoms with Gasteiger partial charge in [0.25, 0.3) is 0 Å². The van der Waals surface area contributed by atoms with Gasteiger partial charge in [0.15, 0.2) is 16.4 Å². The summed E-state index contributed by atoms with van der Waals surface area (Å²) in [5.41, 5.74) is 4.48. The minimum atomic E-state index is -4.64. The fourth-order valence-corrected chi connectivity index (χ4v) is 23.3. The quantitative estimate of drug-likeness (QED) is 0.00979. The standard InChI is InChI=1S/C21H34O4.C21H32O2.C12H10OS.C10H18O7S.C10H14O3S.2C10H14O.2C10H14.C6H6S/c1-6-19(2,3)18(23)24-13-17(22)25-20(4,5)21-10-14-7-15(11-21)9-16(8-14)12-21;1-5-20(2,3)19(22)23-21(4)12-9-14-13-6-11-7-16(14)18(21)17(8-11)15(13)10-12;13-10-6-8-12(9-7-10)14-11-4-2-1-3-5-11;1-4-10(2,3)9(12)17-6-5-16-8(11)7-18(13,14)15;1-3-8(2)9-4-6-10(7-5-9)14(11,12)13;2*1-3-8(2)9-4-6-10(11)7-5-9;2*1-3-9(2)10-7-5-4-6-8-10;7-6-4-2-1-3-5-6/h14-16H,6-13H2,1-5H3;11-18H,5-10H2,1-4H3;1-9,13H;4-7H2,1-3H3,(H,13,14,15);4-8H,3H2,1-2H3,(H,11,12,13);2*4-8,11H,3H2,1-2H3;2*4-9H,3H2,1-2H3;1-5,7H. The largest absolute Gasteiger partial charge is 0.748 e. The Morgan fingerprint density at radius 1 is 0.399 bits per heavy atom. The minimum absolute atomic E-state index is 0.0539. The van der Waals surface area contributed by atoms with Crippen molar-refractivity contribution in [3.8, 4) is 17.2 Å². The maximum absolute atomic E-state index is 12.9. The number of rotatable bonds is 29. The van der Waals surface area contributed by atoms with E-state index in [2.05, 4.69) is 187 Å². The van der Waals surface area contributed by atoms with Gasteiger partial charge in [0, 0.05) is 23.1 Å². The number of thiol groups is 1. The van der Waals surface area contributed by atoms with Gasteiger partial charge in [-0.25, -0.2) is 21.6 Å². The van der Waals surface area contributed by atoms with Crippen molar-refractivity contribution in [3.05, 3.63) is 246 Å². The fraction of sp³-hybridized carbons (Fsp3) is 0.558. The first kappa shape index (κ1) is 121. The molecule has 0 spiro atoms. The maximum atomic E-state index is 12.9. The van der Waals surface area contributed by atoms with Crippen LogP contribution in [0, 0.1) is 86.8 Å². The molecule has 23 heteroatoms. The molecule has 11 aliphatic rings. The Bertz CT molecular complexity index is 5230. The topological polar surface area (TPSA) is 307 Å². The molecule has 10 atom stereocenters. The number of aromatic hydroxyl groups is 3. The molecular weight excluding hydrogens is 1870 g/mol. The lowest BCUT2D eigenvalue weighted by Crippen LogP contribution is -2.72. The van der Waals surface area contributed by atoms with Crippen LogP contribution >= 0.6 is 0 Å². The molecule has 11 fully saturated rings. The van der Waals surface area contributed by atoms with Crippen molar-refractivity contribution in [2.75, 3.05) is 25.6 Å². The molecule has 11 saturated carbocycles. The number of carbonyl (C=O) groups is 5. The number of ether oxygens (including phenoxy) is 5. The third-order valence-corrected chi connectivity index (χ3v) is 35.0. The first-order chi connectivity index (χ1) is 67.3. The van der Waals surface area contributed by atoms with Gasteiger partial charge in [-0.3, -0.25) is 19.2 Å². The van der Waals surface area contributed by atoms with E-state index in [1.165, 1.54) is 139 Å². The molecule has 0 radical (unpaired) electrons. The van der Waals surface area contributed by atoms with Gasteiger partial charge < -0.3 is 48.1 Å². The van der Waals surface area contributed by atoms with Crippen molar-refractivity contribution in [3.63, 3.8) is 0 Å². The summed E-state index contributed by atoms with van der Waals surface area (Å²) in [6.45, 7) is 44.6. The highest BCUT2D eigenvalue weighted by molar-refractivity contribution is 7.86. The first-order valence-corrected chi connectivity index (χ1v) is 56.7. The Balaban J connectivity index is 0.000000220. The van der Waals surface area contributed by atoms with E-state index in [0.717, 1.165) is 89.4 Å². The summed E-state index contributed by atoms with van der Waals surface area (Å²) in [6.07, 6.45) is 22.6. The van der Waals surface area contributed by atoms with E-state index in [-0.39, 0.29) is 53.1 Å². The zero-order chi connectivity index (χ0) is 106. The van der Waals surface area contributed by atoms with Crippen LogP contribution in [0.2, 0.25) is 0 Å². The number of benzene rings is 8. The molecule has 19 nitrogen and oxygen atoms in total. The van der Waals surface area contributed by atoms with Crippen molar-refractivity contribution in [2.45, 2.75) is 335 Å². The summed E-state index contributed by atoms with van der Waals surface area (Å²) in [5, 5.41) is 27.1. The van der Waals surface area contributed by atoms with Gasteiger partial charge in [-0.15, -0.1) is 0 Å². The van der Waals surface area contributed by atoms with Crippen LogP contribution in [0.15, 0.2) is 238 Å². The molecule has 3 N–H and O–H groups in total. The predicted octanol–water partition coefficient (Wildman–Crippen LogP) is 27.2. The van der Waals surface area contributed by atoms with E-state index >= 15 is 0 Å². The molecule has 143 heavy (non-hydrogen) atoms. The average molecular weight is 2040 g/mol. The normalized spacial score (nSPS) is 23.0. The van der Waals surface area contributed by atoms with Crippen molar-refractivity contribution < 1.29 is 88.9 Å². The van der Waals surface area contributed by atoms with Gasteiger partial charge in [-0.1, -0.05) is 223 Å². The van der Waals surface area contributed by atoms with Gasteiger partial charge in [-0.05, 0) is 398 Å². The molecular formula is C120H170O19S4. The van der Waals surface area contributed by atoms with E-state index in [4.69, 9.17) is 34.3 Å². The van der Waals surface area contributed by atoms with E-state index in [1.54, 1.807) is 62.4 Å². The molecule has 8 aromatic rings. The van der Waals surface area contributed by atoms with Crippen LogP contribution in [-0.4, -0.2) is 108 Å². The van der Waals surface area contributed by atoms with Crippen molar-refractivity contribution >= 4 is 74.5 Å². The van der Waals surface area contributed by atoms with E-state index < -0.39 is 60.3 Å². The summed E-state index contributed by atoms with van der Waals surface area (Å²) < 4.78 is 89.3. The fourth-order valence-electron chi connectivity index (χ4n) is 21.4. The van der Waals surface area contributed by atoms with E-state index in [0.29, 0.717) is 71.5 Å². The summed E-state index contributed by atoms with van der Waals surface area (Å²) in [7, 11) is -8.94. The van der Waals surface area contributed by atoms with Crippen LogP contribution in [0.1, 0.15) is 332 Å². The highest BCUT2D eigenvalue weighted by atomic mass is 32.2. The van der Waals surface area contributed by atoms with Crippen LogP contribution in [0.25, 0.3) is 0 Å². The Morgan fingerprint density at radius 3 is 1.08 bits per heavy atom. The van der Waals surface area contributed by atoms with Crippen LogP contribution in [0.5, 0.6) is 17.2 Å². The van der Waals surface area contributed by atoms with Crippen LogP contribution in [0.4, 0.5) is 0 Å². The monoisotopic (exact) mass is 2040 g/mol. The Morgan fingerprint density at radius 2 is 0.720 bits per heavy atom. The van der Waals surface area contributed by atoms with Gasteiger partial charge in [0.1, 0.15) is 72.5 Å². The number of carbonyl (C=O) groups excluding carboxylic acids is 5. The summed E-state index contributed by atoms with van der Waals surface area (Å²) in [6, 6.07) is 69.8. The molecule has 0 aromatic heterocycles. The lowest BCUT2D eigenvalue weighted by atomic mass is 9.33. The number of hydrogen-bond acceptors (Lipinski definition) is 19. The molecule has 8 aromatic carbocycles. The average Bonchev–Trinajstić information content (AvgIpc) is 0.671. The number of hydrogen-bond donors (Lipinski definition) is 3. The molecule has 10 unspecified atom stereocenters. The zero-order valence-corrected chi connectivity index (χ0v) is 93.0. The zero-order valence-electron chi connectivity index (χ0n) is 89.4. The highest BCUT2D eigenvalue weighted by Gasteiger charge is 2.71. The first-order valence-electron chi connectivity index (χ1n) is 52.3. The number of esters is 5. The molecule has 788 valence electrons. The van der Waals surface area contributed by atoms with Gasteiger partial charge in [0.2, 0.25) is 0 Å². The van der Waals surface area contributed by atoms with Crippen LogP contribution in [-0.2, 0) is 92.3 Å². The van der Waals surface area contributed by atoms with Gasteiger partial charge in [-0.2, -0.15) is 0 Å². The van der Waals surface area contributed by atoms with Crippen molar-refractivity contribution in [1.29, 1.82) is 0 Å². The second-order valence-electron chi connectivity index (χ2n) is 43.6. The Labute approximate surface area is 867 Å². The predicted molar refractivity (Wildman–Crippen MR) is 578 cm³/mol. The molecule has 11 aliphatic carbocycles. The molecule has 0 amide bonds. The lowest BCUT2D eigenvalue weighted by Gasteiger charge is -2.74. The Hall–Kier alpha value is -8.97. The van der Waals surface area contributed by atoms with Gasteiger partial charge in [0.05, 0.1) is 21.1 Å². The third kappa shape index (κ3) is 36.8. The maximum Gasteiger partial charge on any atom is 0.344 e. The molecule has 0 heterocycles.